The van der Waals surface area contributed by atoms with Crippen molar-refractivity contribution >= 4 is 5.91 Å². The lowest BCUT2D eigenvalue weighted by molar-refractivity contribution is -0.137. The summed E-state index contributed by atoms with van der Waals surface area (Å²) in [5.74, 6) is -0.266. The fourth-order valence-electron chi connectivity index (χ4n) is 4.06. The lowest BCUT2D eigenvalue weighted by Crippen LogP contribution is -2.22. The summed E-state index contributed by atoms with van der Waals surface area (Å²) in [5, 5.41) is 4.50. The highest BCUT2D eigenvalue weighted by Gasteiger charge is 2.33. The molecule has 7 heteroatoms. The van der Waals surface area contributed by atoms with E-state index in [-0.39, 0.29) is 11.5 Å². The van der Waals surface area contributed by atoms with Crippen LogP contribution >= 0.6 is 0 Å². The molecule has 1 amide bonds. The summed E-state index contributed by atoms with van der Waals surface area (Å²) in [7, 11) is 0. The molecule has 3 rings (SSSR count). The smallest absolute Gasteiger partial charge is 0.366 e. The fraction of sp³-hybridized carbons (Fsp3) is 0.500. The van der Waals surface area contributed by atoms with Crippen LogP contribution in [0.3, 0.4) is 0 Å². The van der Waals surface area contributed by atoms with Gasteiger partial charge in [-0.3, -0.25) is 9.48 Å². The van der Waals surface area contributed by atoms with Crippen LogP contribution in [0.15, 0.2) is 24.3 Å². The Morgan fingerprint density at radius 1 is 1.19 bits per heavy atom. The van der Waals surface area contributed by atoms with Crippen LogP contribution in [0.5, 0.6) is 0 Å². The molecule has 0 radical (unpaired) electrons. The van der Waals surface area contributed by atoms with Gasteiger partial charge in [-0.15, -0.1) is 0 Å². The molecule has 0 aliphatic heterocycles. The minimum Gasteiger partial charge on any atom is -0.366 e. The number of carbonyl (C=O) groups is 1. The highest BCUT2D eigenvalue weighted by molar-refractivity contribution is 5.94. The summed E-state index contributed by atoms with van der Waals surface area (Å²) in [6.07, 6.45) is -0.935. The molecule has 1 heterocycles. The first-order valence-electron chi connectivity index (χ1n) is 9.17. The topological polar surface area (TPSA) is 60.9 Å². The third kappa shape index (κ3) is 4.34. The third-order valence-electron chi connectivity index (χ3n) is 5.47. The van der Waals surface area contributed by atoms with Crippen molar-refractivity contribution in [3.05, 3.63) is 52.3 Å². The molecule has 1 fully saturated rings. The number of halogens is 3. The number of rotatable bonds is 4. The van der Waals surface area contributed by atoms with Gasteiger partial charge in [-0.1, -0.05) is 6.07 Å². The van der Waals surface area contributed by atoms with Gasteiger partial charge >= 0.3 is 6.18 Å². The summed E-state index contributed by atoms with van der Waals surface area (Å²) < 4.78 is 40.8. The van der Waals surface area contributed by atoms with Gasteiger partial charge in [0, 0.05) is 17.8 Å². The summed E-state index contributed by atoms with van der Waals surface area (Å²) in [4.78, 5) is 11.7. The Morgan fingerprint density at radius 2 is 1.85 bits per heavy atom. The molecule has 1 saturated carbocycles. The molecule has 1 aliphatic rings. The first-order valence-corrected chi connectivity index (χ1v) is 9.17. The maximum atomic E-state index is 12.9. The number of hydrogen-bond donors (Lipinski definition) is 1. The van der Waals surface area contributed by atoms with E-state index in [1.165, 1.54) is 6.07 Å². The second-order valence-corrected chi connectivity index (χ2v) is 7.49. The third-order valence-corrected chi connectivity index (χ3v) is 5.47. The van der Waals surface area contributed by atoms with Crippen LogP contribution in [0.2, 0.25) is 0 Å². The molecule has 0 unspecified atom stereocenters. The van der Waals surface area contributed by atoms with E-state index >= 15 is 0 Å². The Morgan fingerprint density at radius 3 is 2.37 bits per heavy atom. The number of amides is 1. The number of nitrogens with two attached hydrogens (primary N) is 1. The molecule has 2 aromatic rings. The molecule has 146 valence electrons. The van der Waals surface area contributed by atoms with Crippen LogP contribution in [0.4, 0.5) is 13.2 Å². The number of aryl methyl sites for hydroxylation is 2. The van der Waals surface area contributed by atoms with Crippen molar-refractivity contribution in [1.29, 1.82) is 0 Å². The Kier molecular flexibility index (Phi) is 5.31. The second kappa shape index (κ2) is 7.37. The van der Waals surface area contributed by atoms with Crippen molar-refractivity contribution in [2.24, 2.45) is 11.7 Å². The number of nitrogens with zero attached hydrogens (tertiary/aromatic N) is 2. The van der Waals surface area contributed by atoms with Gasteiger partial charge in [0.05, 0.1) is 11.3 Å². The number of aromatic nitrogens is 2. The zero-order chi connectivity index (χ0) is 19.8. The van der Waals surface area contributed by atoms with E-state index in [1.54, 1.807) is 0 Å². The number of benzene rings is 1. The molecule has 4 nitrogen and oxygen atoms in total. The molecule has 0 bridgehead atoms. The van der Waals surface area contributed by atoms with Gasteiger partial charge in [0.15, 0.2) is 0 Å². The standard InChI is InChI=1S/C20H24F3N3O/c1-12-9-13(2)26(25-12)11-14-3-5-15(6-4-14)17-8-7-16(20(21,22)23)10-18(17)19(24)27/h7-10,14-15H,3-6,11H2,1-2H3,(H2,24,27)/t14-,15-. The highest BCUT2D eigenvalue weighted by atomic mass is 19.4. The van der Waals surface area contributed by atoms with Crippen molar-refractivity contribution < 1.29 is 18.0 Å². The normalized spacial score (nSPS) is 20.6. The number of alkyl halides is 3. The van der Waals surface area contributed by atoms with E-state index in [1.807, 2.05) is 24.6 Å². The van der Waals surface area contributed by atoms with Crippen LogP contribution in [-0.4, -0.2) is 15.7 Å². The van der Waals surface area contributed by atoms with Gasteiger partial charge in [0.25, 0.3) is 0 Å². The predicted octanol–water partition coefficient (Wildman–Crippen LogP) is 4.59. The highest BCUT2D eigenvalue weighted by Crippen LogP contribution is 2.39. The molecule has 1 aromatic heterocycles. The largest absolute Gasteiger partial charge is 0.416 e. The molecule has 1 aliphatic carbocycles. The first kappa shape index (κ1) is 19.5. The van der Waals surface area contributed by atoms with Crippen molar-refractivity contribution in [1.82, 2.24) is 9.78 Å². The number of carbonyl (C=O) groups excluding carboxylic acids is 1. The molecule has 0 atom stereocenters. The summed E-state index contributed by atoms with van der Waals surface area (Å²) in [6.45, 7) is 4.85. The van der Waals surface area contributed by atoms with Gasteiger partial charge in [0.1, 0.15) is 0 Å². The Balaban J connectivity index is 1.72. The Hall–Kier alpha value is -2.31. The van der Waals surface area contributed by atoms with E-state index in [9.17, 15) is 18.0 Å². The molecular weight excluding hydrogens is 355 g/mol. The van der Waals surface area contributed by atoms with Gasteiger partial charge in [0.2, 0.25) is 5.91 Å². The van der Waals surface area contributed by atoms with E-state index in [0.29, 0.717) is 11.5 Å². The Bertz CT molecular complexity index is 833. The van der Waals surface area contributed by atoms with E-state index in [4.69, 9.17) is 5.73 Å². The van der Waals surface area contributed by atoms with Gasteiger partial charge in [-0.05, 0) is 75.1 Å². The zero-order valence-corrected chi connectivity index (χ0v) is 15.5. The number of primary amides is 1. The summed E-state index contributed by atoms with van der Waals surface area (Å²) >= 11 is 0. The van der Waals surface area contributed by atoms with Crippen molar-refractivity contribution in [2.75, 3.05) is 0 Å². The molecular formula is C20H24F3N3O. The van der Waals surface area contributed by atoms with Crippen LogP contribution in [0.1, 0.15) is 64.5 Å². The van der Waals surface area contributed by atoms with Crippen LogP contribution in [0.25, 0.3) is 0 Å². The molecule has 1 aromatic carbocycles. The lowest BCUT2D eigenvalue weighted by Gasteiger charge is -2.30. The maximum absolute atomic E-state index is 12.9. The molecule has 0 spiro atoms. The summed E-state index contributed by atoms with van der Waals surface area (Å²) in [5.41, 5.74) is 7.29. The SMILES string of the molecule is Cc1cc(C)n(C[C@H]2CC[C@H](c3ccc(C(F)(F)F)cc3C(N)=O)CC2)n1. The predicted molar refractivity (Wildman–Crippen MR) is 96.4 cm³/mol. The van der Waals surface area contributed by atoms with Crippen molar-refractivity contribution in [2.45, 2.75) is 58.2 Å². The second-order valence-electron chi connectivity index (χ2n) is 7.49. The van der Waals surface area contributed by atoms with E-state index in [2.05, 4.69) is 5.10 Å². The van der Waals surface area contributed by atoms with Gasteiger partial charge in [-0.2, -0.15) is 18.3 Å². The minimum atomic E-state index is -4.49. The van der Waals surface area contributed by atoms with E-state index in [0.717, 1.165) is 55.7 Å². The maximum Gasteiger partial charge on any atom is 0.416 e. The van der Waals surface area contributed by atoms with Crippen LogP contribution < -0.4 is 5.73 Å². The van der Waals surface area contributed by atoms with Crippen LogP contribution in [0, 0.1) is 19.8 Å². The van der Waals surface area contributed by atoms with Gasteiger partial charge < -0.3 is 5.73 Å². The average Bonchev–Trinajstić information content (AvgIpc) is 2.91. The first-order chi connectivity index (χ1) is 12.6. The van der Waals surface area contributed by atoms with Crippen molar-refractivity contribution in [3.63, 3.8) is 0 Å². The fourth-order valence-corrected chi connectivity index (χ4v) is 4.06. The average molecular weight is 379 g/mol. The van der Waals surface area contributed by atoms with Crippen LogP contribution in [-0.2, 0) is 12.7 Å². The monoisotopic (exact) mass is 379 g/mol. The molecule has 2 N–H and O–H groups in total. The quantitative estimate of drug-likeness (QED) is 0.844. The van der Waals surface area contributed by atoms with Gasteiger partial charge in [-0.25, -0.2) is 0 Å². The van der Waals surface area contributed by atoms with Crippen molar-refractivity contribution in [3.8, 4) is 0 Å². The lowest BCUT2D eigenvalue weighted by atomic mass is 9.77. The molecule has 27 heavy (non-hydrogen) atoms. The zero-order valence-electron chi connectivity index (χ0n) is 15.5. The summed E-state index contributed by atoms with van der Waals surface area (Å²) in [6, 6.07) is 5.41. The van der Waals surface area contributed by atoms with E-state index < -0.39 is 17.6 Å². The Labute approximate surface area is 156 Å². The minimum absolute atomic E-state index is 0.00757. The molecule has 0 saturated heterocycles. The number of hydrogen-bond acceptors (Lipinski definition) is 2.